The molecule has 0 unspecified atom stereocenters. The second-order valence-corrected chi connectivity index (χ2v) is 4.46. The Hall–Kier alpha value is -2.29. The molecule has 3 nitrogen and oxygen atoms in total. The first kappa shape index (κ1) is 13.1. The fourth-order valence-corrected chi connectivity index (χ4v) is 1.86. The van der Waals surface area contributed by atoms with Crippen LogP contribution in [0.1, 0.15) is 18.1 Å². The highest BCUT2D eigenvalue weighted by Crippen LogP contribution is 2.18. The summed E-state index contributed by atoms with van der Waals surface area (Å²) in [7, 11) is 0. The van der Waals surface area contributed by atoms with Crippen LogP contribution in [0.3, 0.4) is 0 Å². The Bertz CT molecular complexity index is 578. The van der Waals surface area contributed by atoms with Crippen LogP contribution in [0.2, 0.25) is 0 Å². The number of aryl methyl sites for hydroxylation is 1. The van der Waals surface area contributed by atoms with E-state index in [2.05, 4.69) is 30.4 Å². The molecule has 0 saturated carbocycles. The summed E-state index contributed by atoms with van der Waals surface area (Å²) in [4.78, 5) is 10.9. The highest BCUT2D eigenvalue weighted by Gasteiger charge is 2.00. The zero-order valence-electron chi connectivity index (χ0n) is 11.1. The number of anilines is 1. The van der Waals surface area contributed by atoms with Gasteiger partial charge in [0.05, 0.1) is 0 Å². The van der Waals surface area contributed by atoms with Crippen molar-refractivity contribution in [3.05, 3.63) is 59.7 Å². The Morgan fingerprint density at radius 2 is 1.95 bits per heavy atom. The van der Waals surface area contributed by atoms with Crippen molar-refractivity contribution >= 4 is 11.7 Å². The Morgan fingerprint density at radius 1 is 1.16 bits per heavy atom. The van der Waals surface area contributed by atoms with Crippen LogP contribution in [0.4, 0.5) is 5.69 Å². The van der Waals surface area contributed by atoms with Crippen LogP contribution in [0.25, 0.3) is 0 Å². The second-order valence-electron chi connectivity index (χ2n) is 4.46. The second kappa shape index (κ2) is 6.05. The van der Waals surface area contributed by atoms with Gasteiger partial charge in [0.1, 0.15) is 5.75 Å². The van der Waals surface area contributed by atoms with Gasteiger partial charge in [0.15, 0.2) is 0 Å². The Kier molecular flexibility index (Phi) is 4.18. The molecule has 2 aromatic carbocycles. The lowest BCUT2D eigenvalue weighted by Gasteiger charge is -2.08. The summed E-state index contributed by atoms with van der Waals surface area (Å²) in [5, 5.41) is 3.31. The zero-order valence-corrected chi connectivity index (χ0v) is 11.1. The molecule has 98 valence electrons. The van der Waals surface area contributed by atoms with E-state index in [4.69, 9.17) is 4.74 Å². The van der Waals surface area contributed by atoms with Crippen LogP contribution < -0.4 is 10.1 Å². The van der Waals surface area contributed by atoms with Crippen LogP contribution in [0.5, 0.6) is 5.75 Å². The molecule has 0 atom stereocenters. The number of carbonyl (C=O) groups excluding carboxylic acids is 1. The van der Waals surface area contributed by atoms with Gasteiger partial charge in [-0.15, -0.1) is 0 Å². The van der Waals surface area contributed by atoms with Gasteiger partial charge >= 0.3 is 5.97 Å². The first-order valence-corrected chi connectivity index (χ1v) is 6.21. The Labute approximate surface area is 113 Å². The zero-order chi connectivity index (χ0) is 13.7. The van der Waals surface area contributed by atoms with Crippen molar-refractivity contribution < 1.29 is 9.53 Å². The van der Waals surface area contributed by atoms with Gasteiger partial charge in [-0.05, 0) is 24.6 Å². The minimum Gasteiger partial charge on any atom is -0.427 e. The van der Waals surface area contributed by atoms with Gasteiger partial charge in [0.25, 0.3) is 0 Å². The lowest BCUT2D eigenvalue weighted by Crippen LogP contribution is -2.03. The highest BCUT2D eigenvalue weighted by molar-refractivity contribution is 5.69. The van der Waals surface area contributed by atoms with Crippen molar-refractivity contribution in [1.29, 1.82) is 0 Å². The lowest BCUT2D eigenvalue weighted by molar-refractivity contribution is -0.131. The van der Waals surface area contributed by atoms with E-state index in [1.165, 1.54) is 18.1 Å². The van der Waals surface area contributed by atoms with Crippen LogP contribution in [-0.4, -0.2) is 5.97 Å². The fourth-order valence-electron chi connectivity index (χ4n) is 1.86. The van der Waals surface area contributed by atoms with Crippen LogP contribution in [-0.2, 0) is 11.3 Å². The maximum Gasteiger partial charge on any atom is 0.308 e. The van der Waals surface area contributed by atoms with E-state index >= 15 is 0 Å². The number of hydrogen-bond donors (Lipinski definition) is 1. The van der Waals surface area contributed by atoms with Gasteiger partial charge in [0, 0.05) is 25.2 Å². The van der Waals surface area contributed by atoms with Crippen molar-refractivity contribution in [2.24, 2.45) is 0 Å². The minimum absolute atomic E-state index is 0.309. The summed E-state index contributed by atoms with van der Waals surface area (Å²) >= 11 is 0. The summed E-state index contributed by atoms with van der Waals surface area (Å²) in [6.45, 7) is 4.21. The fraction of sp³-hybridized carbons (Fsp3) is 0.188. The molecule has 0 amide bonds. The van der Waals surface area contributed by atoms with Crippen LogP contribution >= 0.6 is 0 Å². The molecule has 0 radical (unpaired) electrons. The van der Waals surface area contributed by atoms with E-state index in [1.807, 2.05) is 24.3 Å². The summed E-state index contributed by atoms with van der Waals surface area (Å²) in [6, 6.07) is 15.7. The summed E-state index contributed by atoms with van der Waals surface area (Å²) < 4.78 is 5.05. The van der Waals surface area contributed by atoms with Gasteiger partial charge in [-0.1, -0.05) is 35.9 Å². The molecular weight excluding hydrogens is 238 g/mol. The van der Waals surface area contributed by atoms with Crippen molar-refractivity contribution in [2.45, 2.75) is 20.4 Å². The molecule has 0 aliphatic heterocycles. The number of benzene rings is 2. The van der Waals surface area contributed by atoms with Crippen molar-refractivity contribution in [1.82, 2.24) is 0 Å². The third kappa shape index (κ3) is 4.14. The molecule has 0 fully saturated rings. The average Bonchev–Trinajstić information content (AvgIpc) is 2.36. The van der Waals surface area contributed by atoms with Gasteiger partial charge in [-0.25, -0.2) is 0 Å². The summed E-state index contributed by atoms with van der Waals surface area (Å²) in [6.07, 6.45) is 0. The molecule has 0 saturated heterocycles. The molecule has 0 spiro atoms. The van der Waals surface area contributed by atoms with E-state index in [-0.39, 0.29) is 5.97 Å². The van der Waals surface area contributed by atoms with E-state index in [9.17, 15) is 4.79 Å². The largest absolute Gasteiger partial charge is 0.427 e. The molecule has 0 aromatic heterocycles. The molecule has 3 heteroatoms. The number of rotatable bonds is 4. The van der Waals surface area contributed by atoms with E-state index in [0.717, 1.165) is 12.2 Å². The first-order chi connectivity index (χ1) is 9.13. The summed E-state index contributed by atoms with van der Waals surface area (Å²) in [5.41, 5.74) is 3.39. The Morgan fingerprint density at radius 3 is 2.68 bits per heavy atom. The number of nitrogens with one attached hydrogen (secondary N) is 1. The highest BCUT2D eigenvalue weighted by atomic mass is 16.5. The number of hydrogen-bond acceptors (Lipinski definition) is 3. The normalized spacial score (nSPS) is 10.0. The van der Waals surface area contributed by atoms with Crippen molar-refractivity contribution in [3.63, 3.8) is 0 Å². The third-order valence-electron chi connectivity index (χ3n) is 2.67. The summed E-state index contributed by atoms with van der Waals surface area (Å²) in [5.74, 6) is 0.248. The number of esters is 1. The molecule has 0 aliphatic carbocycles. The molecule has 0 heterocycles. The quantitative estimate of drug-likeness (QED) is 0.671. The Balaban J connectivity index is 2.01. The molecule has 0 bridgehead atoms. The topological polar surface area (TPSA) is 38.3 Å². The van der Waals surface area contributed by atoms with Crippen molar-refractivity contribution in [3.8, 4) is 5.75 Å². The molecular formula is C16H17NO2. The molecule has 0 aliphatic rings. The first-order valence-electron chi connectivity index (χ1n) is 6.21. The van der Waals surface area contributed by atoms with Gasteiger partial charge in [-0.2, -0.15) is 0 Å². The van der Waals surface area contributed by atoms with Crippen LogP contribution in [0.15, 0.2) is 48.5 Å². The number of carbonyl (C=O) groups is 1. The molecule has 2 rings (SSSR count). The van der Waals surface area contributed by atoms with E-state index < -0.39 is 0 Å². The SMILES string of the molecule is CC(=O)Oc1cccc(NCc2cccc(C)c2)c1. The molecule has 2 aromatic rings. The predicted molar refractivity (Wildman–Crippen MR) is 76.3 cm³/mol. The third-order valence-corrected chi connectivity index (χ3v) is 2.67. The predicted octanol–water partition coefficient (Wildman–Crippen LogP) is 3.53. The van der Waals surface area contributed by atoms with Gasteiger partial charge in [0.2, 0.25) is 0 Å². The van der Waals surface area contributed by atoms with Crippen LogP contribution in [0, 0.1) is 6.92 Å². The van der Waals surface area contributed by atoms with Gasteiger partial charge < -0.3 is 10.1 Å². The maximum absolute atomic E-state index is 10.9. The smallest absolute Gasteiger partial charge is 0.308 e. The van der Waals surface area contributed by atoms with E-state index in [1.54, 1.807) is 6.07 Å². The number of ether oxygens (including phenoxy) is 1. The van der Waals surface area contributed by atoms with E-state index in [0.29, 0.717) is 5.75 Å². The molecule has 1 N–H and O–H groups in total. The standard InChI is InChI=1S/C16H17NO2/c1-12-5-3-6-14(9-12)11-17-15-7-4-8-16(10-15)19-13(2)18/h3-10,17H,11H2,1-2H3. The van der Waals surface area contributed by atoms with Crippen molar-refractivity contribution in [2.75, 3.05) is 5.32 Å². The lowest BCUT2D eigenvalue weighted by atomic mass is 10.1. The maximum atomic E-state index is 10.9. The monoisotopic (exact) mass is 255 g/mol. The molecule has 19 heavy (non-hydrogen) atoms. The minimum atomic E-state index is -0.309. The average molecular weight is 255 g/mol. The van der Waals surface area contributed by atoms with Gasteiger partial charge in [-0.3, -0.25) is 4.79 Å².